The lowest BCUT2D eigenvalue weighted by atomic mass is 10.1. The van der Waals surface area contributed by atoms with Gasteiger partial charge in [-0.2, -0.15) is 0 Å². The maximum absolute atomic E-state index is 12.8. The number of likely N-dealkylation sites (N-methyl/N-ethyl adjacent to an activating group) is 1. The smallest absolute Gasteiger partial charge is 0.387 e. The normalized spacial score (nSPS) is 15.0. The van der Waals surface area contributed by atoms with Gasteiger partial charge in [0.2, 0.25) is 5.91 Å². The van der Waals surface area contributed by atoms with Crippen LogP contribution in [0.2, 0.25) is 0 Å². The Morgan fingerprint density at radius 2 is 1.10 bits per heavy atom. The standard InChI is InChI=1S/C43H81N2O6P/c1-6-8-10-12-14-16-18-19-20-21-22-23-24-25-27-29-31-33-35-37-43(47)44-41(40-51-52(48,49)50-39-38-45(3,4)5)42(46)36-34-32-30-28-26-17-15-13-11-9-7-2/h14,16,19-20,22-23,34,36,41-42,46H,6-13,15,17-18,21,24-33,35,37-40H2,1-5H3,(H-,44,47,48,49)/p+1/b16-14-,20-19-,23-22-,36-34+. The van der Waals surface area contributed by atoms with Crippen LogP contribution < -0.4 is 5.32 Å². The Labute approximate surface area is 320 Å². The van der Waals surface area contributed by atoms with E-state index in [0.29, 0.717) is 17.4 Å². The number of nitrogens with zero attached hydrogens (tertiary/aromatic N) is 1. The average molecular weight is 754 g/mol. The van der Waals surface area contributed by atoms with Gasteiger partial charge >= 0.3 is 7.82 Å². The Morgan fingerprint density at radius 3 is 1.63 bits per heavy atom. The zero-order valence-corrected chi connectivity index (χ0v) is 35.2. The summed E-state index contributed by atoms with van der Waals surface area (Å²) in [4.78, 5) is 23.0. The van der Waals surface area contributed by atoms with E-state index >= 15 is 0 Å². The van der Waals surface area contributed by atoms with E-state index in [1.165, 1.54) is 83.5 Å². The van der Waals surface area contributed by atoms with Crippen molar-refractivity contribution in [2.45, 2.75) is 180 Å². The van der Waals surface area contributed by atoms with Gasteiger partial charge in [-0.15, -0.1) is 0 Å². The lowest BCUT2D eigenvalue weighted by Crippen LogP contribution is -2.45. The third-order valence-corrected chi connectivity index (χ3v) is 10.0. The number of rotatable bonds is 37. The Bertz CT molecular complexity index is 991. The number of phosphoric acid groups is 1. The number of phosphoric ester groups is 1. The molecule has 0 aliphatic rings. The van der Waals surface area contributed by atoms with E-state index < -0.39 is 20.0 Å². The molecule has 0 aliphatic carbocycles. The minimum absolute atomic E-state index is 0.0569. The first kappa shape index (κ1) is 50.5. The minimum Gasteiger partial charge on any atom is -0.387 e. The molecule has 8 nitrogen and oxygen atoms in total. The maximum atomic E-state index is 12.8. The number of carbonyl (C=O) groups excluding carboxylic acids is 1. The number of hydrogen-bond donors (Lipinski definition) is 3. The number of unbranched alkanes of at least 4 members (excludes halogenated alkanes) is 18. The number of nitrogens with one attached hydrogen (secondary N) is 1. The van der Waals surface area contributed by atoms with Gasteiger partial charge in [0.05, 0.1) is 39.9 Å². The maximum Gasteiger partial charge on any atom is 0.472 e. The highest BCUT2D eigenvalue weighted by atomic mass is 31.2. The molecule has 0 spiro atoms. The van der Waals surface area contributed by atoms with Crippen molar-refractivity contribution < 1.29 is 32.9 Å². The van der Waals surface area contributed by atoms with Crippen LogP contribution in [0.4, 0.5) is 0 Å². The monoisotopic (exact) mass is 754 g/mol. The summed E-state index contributed by atoms with van der Waals surface area (Å²) in [5, 5.41) is 13.8. The number of amides is 1. The molecule has 0 fully saturated rings. The number of quaternary nitrogens is 1. The van der Waals surface area contributed by atoms with Crippen molar-refractivity contribution in [1.82, 2.24) is 5.32 Å². The number of aliphatic hydroxyl groups is 1. The van der Waals surface area contributed by atoms with Crippen LogP contribution >= 0.6 is 7.82 Å². The lowest BCUT2D eigenvalue weighted by Gasteiger charge is -2.25. The number of carbonyl (C=O) groups is 1. The van der Waals surface area contributed by atoms with Crippen molar-refractivity contribution in [3.05, 3.63) is 48.6 Å². The Kier molecular flexibility index (Phi) is 34.1. The summed E-state index contributed by atoms with van der Waals surface area (Å²) < 4.78 is 23.5. The molecule has 0 aromatic rings. The van der Waals surface area contributed by atoms with Gasteiger partial charge in [-0.05, 0) is 57.8 Å². The van der Waals surface area contributed by atoms with Crippen LogP contribution in [-0.2, 0) is 18.4 Å². The highest BCUT2D eigenvalue weighted by molar-refractivity contribution is 7.47. The topological polar surface area (TPSA) is 105 Å². The Hall–Kier alpha value is -1.54. The summed E-state index contributed by atoms with van der Waals surface area (Å²) in [5.74, 6) is -0.194. The summed E-state index contributed by atoms with van der Waals surface area (Å²) in [6.07, 6.45) is 43.1. The minimum atomic E-state index is -4.34. The van der Waals surface area contributed by atoms with Gasteiger partial charge in [0.15, 0.2) is 0 Å². The molecule has 0 heterocycles. The predicted octanol–water partition coefficient (Wildman–Crippen LogP) is 11.3. The third kappa shape index (κ3) is 36.8. The molecule has 3 atom stereocenters. The summed E-state index contributed by atoms with van der Waals surface area (Å²) >= 11 is 0. The zero-order valence-electron chi connectivity index (χ0n) is 34.3. The molecule has 9 heteroatoms. The molecular weight excluding hydrogens is 671 g/mol. The SMILES string of the molecule is CCCCC/C=C\C/C=C\C/C=C\CCCCCCCCC(=O)NC(COP(=O)(O)OCC[N+](C)(C)C)C(O)/C=C/CCCCCCCCCCC. The molecule has 3 N–H and O–H groups in total. The summed E-state index contributed by atoms with van der Waals surface area (Å²) in [7, 11) is 1.55. The molecule has 0 radical (unpaired) electrons. The molecule has 0 saturated heterocycles. The Balaban J connectivity index is 4.45. The van der Waals surface area contributed by atoms with Crippen LogP contribution in [0, 0.1) is 0 Å². The second-order valence-corrected chi connectivity index (χ2v) is 16.8. The van der Waals surface area contributed by atoms with E-state index in [1.807, 2.05) is 27.2 Å². The van der Waals surface area contributed by atoms with E-state index in [1.54, 1.807) is 6.08 Å². The van der Waals surface area contributed by atoms with Crippen LogP contribution in [0.1, 0.15) is 168 Å². The van der Waals surface area contributed by atoms with Gasteiger partial charge in [0, 0.05) is 6.42 Å². The van der Waals surface area contributed by atoms with Crippen LogP contribution in [-0.4, -0.2) is 73.4 Å². The fourth-order valence-corrected chi connectivity index (χ4v) is 6.37. The predicted molar refractivity (Wildman–Crippen MR) is 221 cm³/mol. The van der Waals surface area contributed by atoms with Gasteiger partial charge in [0.25, 0.3) is 0 Å². The van der Waals surface area contributed by atoms with Crippen LogP contribution in [0.15, 0.2) is 48.6 Å². The van der Waals surface area contributed by atoms with E-state index in [2.05, 4.69) is 55.6 Å². The quantitative estimate of drug-likeness (QED) is 0.0252. The van der Waals surface area contributed by atoms with Crippen LogP contribution in [0.3, 0.4) is 0 Å². The van der Waals surface area contributed by atoms with E-state index in [0.717, 1.165) is 64.2 Å². The average Bonchev–Trinajstić information content (AvgIpc) is 3.09. The fourth-order valence-electron chi connectivity index (χ4n) is 5.63. The lowest BCUT2D eigenvalue weighted by molar-refractivity contribution is -0.870. The van der Waals surface area contributed by atoms with Gasteiger partial charge < -0.3 is 19.8 Å². The molecule has 0 aromatic carbocycles. The molecule has 0 bridgehead atoms. The Morgan fingerprint density at radius 1 is 0.654 bits per heavy atom. The van der Waals surface area contributed by atoms with Gasteiger partial charge in [-0.25, -0.2) is 4.57 Å². The summed E-state index contributed by atoms with van der Waals surface area (Å²) in [5.41, 5.74) is 0. The third-order valence-electron chi connectivity index (χ3n) is 9.04. The van der Waals surface area contributed by atoms with Crippen molar-refractivity contribution >= 4 is 13.7 Å². The molecule has 0 aliphatic heterocycles. The second-order valence-electron chi connectivity index (χ2n) is 15.4. The molecule has 0 rings (SSSR count). The summed E-state index contributed by atoms with van der Waals surface area (Å²) in [6.45, 7) is 4.74. The van der Waals surface area contributed by atoms with Crippen LogP contribution in [0.25, 0.3) is 0 Å². The first-order chi connectivity index (χ1) is 25.0. The highest BCUT2D eigenvalue weighted by Crippen LogP contribution is 2.43. The highest BCUT2D eigenvalue weighted by Gasteiger charge is 2.27. The number of allylic oxidation sites excluding steroid dienone is 7. The molecule has 1 amide bonds. The van der Waals surface area contributed by atoms with E-state index in [9.17, 15) is 19.4 Å². The van der Waals surface area contributed by atoms with Crippen molar-refractivity contribution in [2.24, 2.45) is 0 Å². The largest absolute Gasteiger partial charge is 0.472 e. The fraction of sp³-hybridized carbons (Fsp3) is 0.791. The molecule has 0 aromatic heterocycles. The molecule has 304 valence electrons. The molecule has 3 unspecified atom stereocenters. The molecular formula is C43H82N2O6P+. The van der Waals surface area contributed by atoms with Gasteiger partial charge in [0.1, 0.15) is 13.2 Å². The van der Waals surface area contributed by atoms with Gasteiger partial charge in [-0.1, -0.05) is 152 Å². The van der Waals surface area contributed by atoms with Crippen molar-refractivity contribution in [1.29, 1.82) is 0 Å². The number of aliphatic hydroxyl groups excluding tert-OH is 1. The molecule has 0 saturated carbocycles. The van der Waals surface area contributed by atoms with E-state index in [4.69, 9.17) is 9.05 Å². The van der Waals surface area contributed by atoms with Crippen molar-refractivity contribution in [2.75, 3.05) is 40.9 Å². The first-order valence-electron chi connectivity index (χ1n) is 21.0. The number of hydrogen-bond acceptors (Lipinski definition) is 5. The van der Waals surface area contributed by atoms with Crippen molar-refractivity contribution in [3.63, 3.8) is 0 Å². The summed E-state index contributed by atoms with van der Waals surface area (Å²) in [6, 6.07) is -0.852. The van der Waals surface area contributed by atoms with Crippen LogP contribution in [0.5, 0.6) is 0 Å². The molecule has 52 heavy (non-hydrogen) atoms. The van der Waals surface area contributed by atoms with Crippen molar-refractivity contribution in [3.8, 4) is 0 Å². The first-order valence-corrected chi connectivity index (χ1v) is 22.5. The zero-order chi connectivity index (χ0) is 38.6. The van der Waals surface area contributed by atoms with E-state index in [-0.39, 0.29) is 19.1 Å². The van der Waals surface area contributed by atoms with Gasteiger partial charge in [-0.3, -0.25) is 13.8 Å². The second kappa shape index (κ2) is 35.2.